The molecule has 2 aromatic carbocycles. The summed E-state index contributed by atoms with van der Waals surface area (Å²) in [6.45, 7) is 6.88. The fourth-order valence-corrected chi connectivity index (χ4v) is 4.01. The molecule has 1 unspecified atom stereocenters. The van der Waals surface area contributed by atoms with Crippen molar-refractivity contribution in [3.05, 3.63) is 71.1 Å². The Labute approximate surface area is 177 Å². The largest absolute Gasteiger partial charge is 0.352 e. The number of rotatable bonds is 6. The second-order valence-corrected chi connectivity index (χ2v) is 8.11. The van der Waals surface area contributed by atoms with Gasteiger partial charge in [0.05, 0.1) is 12.5 Å². The molecule has 2 heterocycles. The maximum Gasteiger partial charge on any atom is 0.241 e. The molecule has 1 atom stereocenters. The van der Waals surface area contributed by atoms with Crippen molar-refractivity contribution in [3.63, 3.8) is 0 Å². The van der Waals surface area contributed by atoms with E-state index in [1.54, 1.807) is 0 Å². The third-order valence-corrected chi connectivity index (χ3v) is 5.64. The van der Waals surface area contributed by atoms with Crippen molar-refractivity contribution in [2.75, 3.05) is 13.1 Å². The minimum atomic E-state index is -0.0117. The number of likely N-dealkylation sites (tertiary alicyclic amines) is 1. The van der Waals surface area contributed by atoms with Gasteiger partial charge in [0.25, 0.3) is 0 Å². The van der Waals surface area contributed by atoms with E-state index in [4.69, 9.17) is 4.52 Å². The monoisotopic (exact) mass is 404 g/mol. The van der Waals surface area contributed by atoms with Crippen LogP contribution < -0.4 is 5.32 Å². The number of hydrogen-bond acceptors (Lipinski definition) is 5. The Morgan fingerprint density at radius 2 is 2.07 bits per heavy atom. The summed E-state index contributed by atoms with van der Waals surface area (Å²) in [6, 6.07) is 16.2. The van der Waals surface area contributed by atoms with Gasteiger partial charge in [0.1, 0.15) is 0 Å². The van der Waals surface area contributed by atoms with Crippen LogP contribution in [0.4, 0.5) is 0 Å². The average molecular weight is 405 g/mol. The molecule has 3 aromatic rings. The highest BCUT2D eigenvalue weighted by molar-refractivity contribution is 5.79. The summed E-state index contributed by atoms with van der Waals surface area (Å²) in [5.74, 6) is 1.32. The van der Waals surface area contributed by atoms with Gasteiger partial charge in [0.15, 0.2) is 0 Å². The van der Waals surface area contributed by atoms with Gasteiger partial charge in [0.2, 0.25) is 17.6 Å². The Bertz CT molecular complexity index is 1010. The van der Waals surface area contributed by atoms with E-state index in [-0.39, 0.29) is 11.8 Å². The van der Waals surface area contributed by atoms with Gasteiger partial charge in [0, 0.05) is 18.7 Å². The molecule has 0 aliphatic carbocycles. The molecule has 0 radical (unpaired) electrons. The maximum absolute atomic E-state index is 12.7. The molecular weight excluding hydrogens is 376 g/mol. The number of piperidine rings is 1. The van der Waals surface area contributed by atoms with Crippen molar-refractivity contribution in [2.45, 2.75) is 39.8 Å². The smallest absolute Gasteiger partial charge is 0.241 e. The first-order valence-corrected chi connectivity index (χ1v) is 10.5. The molecule has 30 heavy (non-hydrogen) atoms. The van der Waals surface area contributed by atoms with Crippen molar-refractivity contribution in [1.82, 2.24) is 20.4 Å². The second-order valence-electron chi connectivity index (χ2n) is 8.11. The molecule has 4 rings (SSSR count). The van der Waals surface area contributed by atoms with Crippen LogP contribution in [0.15, 0.2) is 53.1 Å². The topological polar surface area (TPSA) is 71.3 Å². The average Bonchev–Trinajstić information content (AvgIpc) is 3.21. The molecule has 1 saturated heterocycles. The van der Waals surface area contributed by atoms with Crippen LogP contribution in [-0.2, 0) is 17.9 Å². The van der Waals surface area contributed by atoms with Gasteiger partial charge < -0.3 is 9.84 Å². The number of amides is 1. The van der Waals surface area contributed by atoms with Gasteiger partial charge in [-0.05, 0) is 44.4 Å². The minimum Gasteiger partial charge on any atom is -0.352 e. The number of hydrogen-bond donors (Lipinski definition) is 1. The van der Waals surface area contributed by atoms with E-state index in [9.17, 15) is 4.79 Å². The Morgan fingerprint density at radius 3 is 2.90 bits per heavy atom. The summed E-state index contributed by atoms with van der Waals surface area (Å²) in [5.41, 5.74) is 4.44. The van der Waals surface area contributed by atoms with Crippen LogP contribution in [0.3, 0.4) is 0 Å². The highest BCUT2D eigenvalue weighted by Gasteiger charge is 2.26. The predicted octanol–water partition coefficient (Wildman–Crippen LogP) is 3.88. The van der Waals surface area contributed by atoms with Crippen molar-refractivity contribution < 1.29 is 9.32 Å². The predicted molar refractivity (Wildman–Crippen MR) is 115 cm³/mol. The zero-order valence-corrected chi connectivity index (χ0v) is 17.6. The van der Waals surface area contributed by atoms with Crippen LogP contribution in [0.5, 0.6) is 0 Å². The lowest BCUT2D eigenvalue weighted by Gasteiger charge is -2.30. The molecule has 1 aliphatic heterocycles. The van der Waals surface area contributed by atoms with E-state index in [1.807, 2.05) is 43.3 Å². The van der Waals surface area contributed by atoms with Crippen molar-refractivity contribution >= 4 is 5.91 Å². The molecule has 1 N–H and O–H groups in total. The van der Waals surface area contributed by atoms with E-state index >= 15 is 0 Å². The lowest BCUT2D eigenvalue weighted by atomic mass is 9.97. The fraction of sp³-hybridized carbons (Fsp3) is 0.375. The number of aryl methyl sites for hydroxylation is 2. The zero-order chi connectivity index (χ0) is 20.9. The van der Waals surface area contributed by atoms with E-state index in [1.165, 1.54) is 5.56 Å². The van der Waals surface area contributed by atoms with Crippen molar-refractivity contribution in [1.29, 1.82) is 0 Å². The van der Waals surface area contributed by atoms with Crippen LogP contribution in [-0.4, -0.2) is 34.0 Å². The van der Waals surface area contributed by atoms with Crippen LogP contribution in [0.1, 0.15) is 35.4 Å². The van der Waals surface area contributed by atoms with E-state index in [2.05, 4.69) is 39.4 Å². The third-order valence-electron chi connectivity index (χ3n) is 5.64. The summed E-state index contributed by atoms with van der Waals surface area (Å²) in [4.78, 5) is 19.5. The quantitative estimate of drug-likeness (QED) is 0.675. The van der Waals surface area contributed by atoms with Crippen LogP contribution in [0, 0.1) is 19.8 Å². The number of benzene rings is 2. The standard InChI is InChI=1S/C24H28N4O2/c1-17-7-5-9-19(13-17)14-25-24(29)20-10-6-12-28(15-20)16-22-26-23(27-30-22)21-11-4-3-8-18(21)2/h3-5,7-9,11,13,20H,6,10,12,14-16H2,1-2H3,(H,25,29). The van der Waals surface area contributed by atoms with Gasteiger partial charge in [-0.3, -0.25) is 9.69 Å². The molecule has 0 saturated carbocycles. The van der Waals surface area contributed by atoms with E-state index in [0.29, 0.717) is 31.3 Å². The molecule has 156 valence electrons. The van der Waals surface area contributed by atoms with Gasteiger partial charge >= 0.3 is 0 Å². The summed E-state index contributed by atoms with van der Waals surface area (Å²) < 4.78 is 5.49. The first kappa shape index (κ1) is 20.3. The molecule has 6 nitrogen and oxygen atoms in total. The van der Waals surface area contributed by atoms with Gasteiger partial charge in [-0.15, -0.1) is 0 Å². The van der Waals surface area contributed by atoms with Crippen molar-refractivity contribution in [3.8, 4) is 11.4 Å². The van der Waals surface area contributed by atoms with Gasteiger partial charge in [-0.2, -0.15) is 4.98 Å². The maximum atomic E-state index is 12.7. The number of carbonyl (C=O) groups is 1. The summed E-state index contributed by atoms with van der Waals surface area (Å²) in [6.07, 6.45) is 1.90. The van der Waals surface area contributed by atoms with Gasteiger partial charge in [-0.1, -0.05) is 59.3 Å². The molecule has 0 spiro atoms. The number of nitrogens with zero attached hydrogens (tertiary/aromatic N) is 3. The minimum absolute atomic E-state index is 0.0117. The second kappa shape index (κ2) is 9.22. The number of carbonyl (C=O) groups excluding carboxylic acids is 1. The Kier molecular flexibility index (Phi) is 6.23. The Balaban J connectivity index is 1.33. The highest BCUT2D eigenvalue weighted by atomic mass is 16.5. The molecule has 1 fully saturated rings. The Hall–Kier alpha value is -2.99. The van der Waals surface area contributed by atoms with Gasteiger partial charge in [-0.25, -0.2) is 0 Å². The lowest BCUT2D eigenvalue weighted by Crippen LogP contribution is -2.42. The normalized spacial score (nSPS) is 17.1. The zero-order valence-electron chi connectivity index (χ0n) is 17.6. The Morgan fingerprint density at radius 1 is 1.20 bits per heavy atom. The molecule has 1 amide bonds. The summed E-state index contributed by atoms with van der Waals surface area (Å²) >= 11 is 0. The summed E-state index contributed by atoms with van der Waals surface area (Å²) in [7, 11) is 0. The van der Waals surface area contributed by atoms with Crippen molar-refractivity contribution in [2.24, 2.45) is 5.92 Å². The molecule has 6 heteroatoms. The van der Waals surface area contributed by atoms with Crippen LogP contribution >= 0.6 is 0 Å². The summed E-state index contributed by atoms with van der Waals surface area (Å²) in [5, 5.41) is 7.24. The lowest BCUT2D eigenvalue weighted by molar-refractivity contribution is -0.127. The third kappa shape index (κ3) is 4.94. The molecule has 1 aromatic heterocycles. The molecule has 1 aliphatic rings. The van der Waals surface area contributed by atoms with E-state index < -0.39 is 0 Å². The van der Waals surface area contributed by atoms with Crippen LogP contribution in [0.2, 0.25) is 0 Å². The number of aromatic nitrogens is 2. The molecular formula is C24H28N4O2. The highest BCUT2D eigenvalue weighted by Crippen LogP contribution is 2.22. The first-order chi connectivity index (χ1) is 14.6. The number of nitrogens with one attached hydrogen (secondary N) is 1. The van der Waals surface area contributed by atoms with Crippen LogP contribution in [0.25, 0.3) is 11.4 Å². The first-order valence-electron chi connectivity index (χ1n) is 10.5. The fourth-order valence-electron chi connectivity index (χ4n) is 4.01. The molecule has 0 bridgehead atoms. The SMILES string of the molecule is Cc1cccc(CNC(=O)C2CCCN(Cc3nc(-c4ccccc4C)no3)C2)c1. The van der Waals surface area contributed by atoms with E-state index in [0.717, 1.165) is 36.1 Å².